The average Bonchev–Trinajstić information content (AvgIpc) is 3.28. The minimum atomic E-state index is -0.314. The van der Waals surface area contributed by atoms with Crippen LogP contribution in [0, 0.1) is 5.92 Å². The van der Waals surface area contributed by atoms with Crippen LogP contribution in [0.25, 0.3) is 21.8 Å². The molecule has 1 saturated carbocycles. The van der Waals surface area contributed by atoms with Crippen LogP contribution in [0.2, 0.25) is 0 Å². The summed E-state index contributed by atoms with van der Waals surface area (Å²) in [4.78, 5) is 39.6. The third kappa shape index (κ3) is 5.20. The Morgan fingerprint density at radius 3 is 2.67 bits per heavy atom. The molecule has 2 amide bonds. The second kappa shape index (κ2) is 10.1. The summed E-state index contributed by atoms with van der Waals surface area (Å²) in [6.45, 7) is 0. The summed E-state index contributed by atoms with van der Waals surface area (Å²) in [5, 5.41) is 6.03. The first-order chi connectivity index (χ1) is 16.0. The van der Waals surface area contributed by atoms with Crippen molar-refractivity contribution >= 4 is 28.8 Å². The van der Waals surface area contributed by atoms with Crippen LogP contribution in [-0.4, -0.2) is 48.1 Å². The molecular formula is C24H26N4O4S. The molecule has 0 radical (unpaired) electrons. The van der Waals surface area contributed by atoms with Crippen LogP contribution in [-0.2, 0) is 9.63 Å². The fourth-order valence-electron chi connectivity index (χ4n) is 3.61. The van der Waals surface area contributed by atoms with E-state index >= 15 is 0 Å². The molecule has 33 heavy (non-hydrogen) atoms. The third-order valence-corrected chi connectivity index (χ3v) is 6.71. The number of methoxy groups -OCH3 is 1. The number of benzene rings is 1. The highest BCUT2D eigenvalue weighted by atomic mass is 32.1. The van der Waals surface area contributed by atoms with E-state index in [1.807, 2.05) is 11.4 Å². The minimum absolute atomic E-state index is 0.0599. The zero-order chi connectivity index (χ0) is 23.4. The number of thiophene rings is 1. The Balaban J connectivity index is 1.53. The van der Waals surface area contributed by atoms with Crippen LogP contribution in [0.3, 0.4) is 0 Å². The summed E-state index contributed by atoms with van der Waals surface area (Å²) in [7, 11) is 4.47. The van der Waals surface area contributed by atoms with Crippen LogP contribution >= 0.6 is 11.3 Å². The summed E-state index contributed by atoms with van der Waals surface area (Å²) >= 11 is 1.50. The van der Waals surface area contributed by atoms with Crippen LogP contribution in [0.1, 0.15) is 36.0 Å². The molecule has 0 atom stereocenters. The number of amides is 2. The van der Waals surface area contributed by atoms with E-state index in [-0.39, 0.29) is 11.8 Å². The van der Waals surface area contributed by atoms with E-state index in [0.717, 1.165) is 34.0 Å². The third-order valence-electron chi connectivity index (χ3n) is 5.76. The number of nitrogens with one attached hydrogen (secondary N) is 1. The van der Waals surface area contributed by atoms with E-state index < -0.39 is 0 Å². The zero-order valence-corrected chi connectivity index (χ0v) is 19.6. The molecule has 3 aromatic rings. The molecule has 0 aliphatic heterocycles. The van der Waals surface area contributed by atoms with Gasteiger partial charge in [0, 0.05) is 24.4 Å². The molecular weight excluding hydrogens is 440 g/mol. The summed E-state index contributed by atoms with van der Waals surface area (Å²) < 4.78 is 5.43. The smallest absolute Gasteiger partial charge is 0.280 e. The predicted molar refractivity (Wildman–Crippen MR) is 127 cm³/mol. The number of hydrogen-bond donors (Lipinski definition) is 1. The van der Waals surface area contributed by atoms with Gasteiger partial charge >= 0.3 is 0 Å². The van der Waals surface area contributed by atoms with Crippen molar-refractivity contribution < 1.29 is 19.2 Å². The predicted octanol–water partition coefficient (Wildman–Crippen LogP) is 4.64. The molecule has 1 N–H and O–H groups in total. The quantitative estimate of drug-likeness (QED) is 0.486. The lowest BCUT2D eigenvalue weighted by atomic mass is 9.83. The molecule has 9 heteroatoms. The van der Waals surface area contributed by atoms with E-state index in [9.17, 15) is 9.59 Å². The van der Waals surface area contributed by atoms with Gasteiger partial charge in [-0.25, -0.2) is 10.0 Å². The topological polar surface area (TPSA) is 93.7 Å². The Kier molecular flexibility index (Phi) is 7.00. The van der Waals surface area contributed by atoms with E-state index in [1.165, 1.54) is 39.0 Å². The largest absolute Gasteiger partial charge is 0.496 e. The summed E-state index contributed by atoms with van der Waals surface area (Å²) in [5.74, 6) is 0.691. The first-order valence-electron chi connectivity index (χ1n) is 10.7. The average molecular weight is 467 g/mol. The normalized spacial score (nSPS) is 13.3. The number of carbonyl (C=O) groups excluding carboxylic acids is 2. The molecule has 1 aliphatic rings. The highest BCUT2D eigenvalue weighted by Gasteiger charge is 2.21. The second-order valence-electron chi connectivity index (χ2n) is 7.94. The highest BCUT2D eigenvalue weighted by molar-refractivity contribution is 7.14. The maximum atomic E-state index is 12.5. The lowest BCUT2D eigenvalue weighted by molar-refractivity contribution is -0.117. The van der Waals surface area contributed by atoms with Crippen molar-refractivity contribution in [3.63, 3.8) is 0 Å². The molecule has 0 spiro atoms. The molecule has 0 bridgehead atoms. The van der Waals surface area contributed by atoms with E-state index in [0.29, 0.717) is 35.0 Å². The number of nitrogens with zero attached hydrogens (tertiary/aromatic N) is 3. The molecule has 1 aliphatic carbocycles. The molecule has 2 heterocycles. The second-order valence-corrected chi connectivity index (χ2v) is 8.85. The molecule has 1 aromatic carbocycles. The number of hydrogen-bond acceptors (Lipinski definition) is 7. The Morgan fingerprint density at radius 2 is 1.97 bits per heavy atom. The lowest BCUT2D eigenvalue weighted by Gasteiger charge is -2.24. The summed E-state index contributed by atoms with van der Waals surface area (Å²) in [6.07, 6.45) is 7.46. The first kappa shape index (κ1) is 22.9. The molecule has 2 aromatic heterocycles. The maximum Gasteiger partial charge on any atom is 0.280 e. The summed E-state index contributed by atoms with van der Waals surface area (Å²) in [6, 6.07) is 7.15. The molecule has 4 rings (SSSR count). The SMILES string of the molecule is COc1cc(-c2cncc(-c3cc(NC(=O)CC4CCC4)cs3)n2)ccc1C(=O)N(C)OC. The fraction of sp³-hybridized carbons (Fsp3) is 0.333. The number of anilines is 1. The molecule has 1 fully saturated rings. The molecule has 0 unspecified atom stereocenters. The van der Waals surface area contributed by atoms with E-state index in [1.54, 1.807) is 30.6 Å². The highest BCUT2D eigenvalue weighted by Crippen LogP contribution is 2.33. The number of hydroxylamine groups is 2. The number of rotatable bonds is 8. The van der Waals surface area contributed by atoms with Gasteiger partial charge in [0.25, 0.3) is 5.91 Å². The molecule has 8 nitrogen and oxygen atoms in total. The van der Waals surface area contributed by atoms with Gasteiger partial charge in [-0.15, -0.1) is 11.3 Å². The number of carbonyl (C=O) groups is 2. The Hall–Kier alpha value is -3.30. The van der Waals surface area contributed by atoms with Crippen molar-refractivity contribution in [2.45, 2.75) is 25.7 Å². The van der Waals surface area contributed by atoms with Gasteiger partial charge < -0.3 is 10.1 Å². The molecule has 172 valence electrons. The van der Waals surface area contributed by atoms with Crippen molar-refractivity contribution in [2.75, 3.05) is 26.6 Å². The monoisotopic (exact) mass is 466 g/mol. The van der Waals surface area contributed by atoms with Gasteiger partial charge in [-0.05, 0) is 37.0 Å². The van der Waals surface area contributed by atoms with Gasteiger partial charge in [0.2, 0.25) is 5.91 Å². The van der Waals surface area contributed by atoms with Crippen molar-refractivity contribution in [2.24, 2.45) is 5.92 Å². The number of aromatic nitrogens is 2. The van der Waals surface area contributed by atoms with Gasteiger partial charge in [0.05, 0.1) is 54.1 Å². The van der Waals surface area contributed by atoms with Crippen LogP contribution in [0.15, 0.2) is 42.0 Å². The van der Waals surface area contributed by atoms with Crippen molar-refractivity contribution in [3.8, 4) is 27.6 Å². The summed E-state index contributed by atoms with van der Waals surface area (Å²) in [5.41, 5.74) is 3.28. The zero-order valence-electron chi connectivity index (χ0n) is 18.8. The van der Waals surface area contributed by atoms with Crippen molar-refractivity contribution in [3.05, 3.63) is 47.6 Å². The Bertz CT molecular complexity index is 1160. The van der Waals surface area contributed by atoms with Crippen LogP contribution in [0.4, 0.5) is 5.69 Å². The van der Waals surface area contributed by atoms with Gasteiger partial charge in [0.1, 0.15) is 5.75 Å². The van der Waals surface area contributed by atoms with E-state index in [4.69, 9.17) is 14.6 Å². The lowest BCUT2D eigenvalue weighted by Crippen LogP contribution is -2.25. The Morgan fingerprint density at radius 1 is 1.18 bits per heavy atom. The number of ether oxygens (including phenoxy) is 1. The van der Waals surface area contributed by atoms with Gasteiger partial charge in [-0.3, -0.25) is 19.4 Å². The molecule has 0 saturated heterocycles. The van der Waals surface area contributed by atoms with Gasteiger partial charge in [0.15, 0.2) is 0 Å². The van der Waals surface area contributed by atoms with Gasteiger partial charge in [-0.2, -0.15) is 0 Å². The van der Waals surface area contributed by atoms with Crippen molar-refractivity contribution in [1.29, 1.82) is 0 Å². The minimum Gasteiger partial charge on any atom is -0.496 e. The maximum absolute atomic E-state index is 12.5. The van der Waals surface area contributed by atoms with Crippen LogP contribution < -0.4 is 10.1 Å². The fourth-order valence-corrected chi connectivity index (χ4v) is 4.41. The van der Waals surface area contributed by atoms with E-state index in [2.05, 4.69) is 10.3 Å². The standard InChI is InChI=1S/C24H26N4O4S/c1-28(32-3)24(30)18-8-7-16(10-21(18)31-2)19-12-25-13-20(27-19)22-11-17(14-33-22)26-23(29)9-15-5-4-6-15/h7-8,10-15H,4-6,9H2,1-3H3,(H,26,29). The van der Waals surface area contributed by atoms with Crippen LogP contribution in [0.5, 0.6) is 5.75 Å². The van der Waals surface area contributed by atoms with Gasteiger partial charge in [-0.1, -0.05) is 12.5 Å². The Labute approximate surface area is 196 Å². The first-order valence-corrected chi connectivity index (χ1v) is 11.6. The van der Waals surface area contributed by atoms with Crippen molar-refractivity contribution in [1.82, 2.24) is 15.0 Å².